The zero-order valence-corrected chi connectivity index (χ0v) is 19.1. The van der Waals surface area contributed by atoms with E-state index in [1.165, 1.54) is 25.5 Å². The SMILES string of the molecule is COc1cc(/C=N\NC(=O)C(=O)Nc2ccc(F)cc2)ccc1OCC(=O)Nc1ccccc1Cl. The van der Waals surface area contributed by atoms with Gasteiger partial charge in [-0.05, 0) is 60.2 Å². The fourth-order valence-electron chi connectivity index (χ4n) is 2.71. The minimum atomic E-state index is -1.01. The number of benzene rings is 3. The second kappa shape index (κ2) is 12.1. The van der Waals surface area contributed by atoms with Gasteiger partial charge in [0.25, 0.3) is 5.91 Å². The Bertz CT molecular complexity index is 1250. The highest BCUT2D eigenvalue weighted by Crippen LogP contribution is 2.28. The molecule has 3 aromatic rings. The van der Waals surface area contributed by atoms with Crippen LogP contribution in [0.2, 0.25) is 5.02 Å². The summed E-state index contributed by atoms with van der Waals surface area (Å²) in [7, 11) is 1.43. The molecule has 3 aromatic carbocycles. The number of carbonyl (C=O) groups is 3. The van der Waals surface area contributed by atoms with Gasteiger partial charge < -0.3 is 20.1 Å². The molecule has 180 valence electrons. The number of anilines is 2. The number of amides is 3. The van der Waals surface area contributed by atoms with Crippen LogP contribution < -0.4 is 25.5 Å². The first-order valence-corrected chi connectivity index (χ1v) is 10.5. The summed E-state index contributed by atoms with van der Waals surface area (Å²) in [5, 5.41) is 9.10. The fraction of sp³-hybridized carbons (Fsp3) is 0.0833. The first-order chi connectivity index (χ1) is 16.9. The molecule has 0 aliphatic heterocycles. The highest BCUT2D eigenvalue weighted by Gasteiger charge is 2.13. The Morgan fingerprint density at radius 3 is 2.43 bits per heavy atom. The molecule has 0 aliphatic rings. The number of hydrogen-bond donors (Lipinski definition) is 3. The van der Waals surface area contributed by atoms with Crippen LogP contribution in [0.25, 0.3) is 0 Å². The molecule has 0 atom stereocenters. The molecule has 3 rings (SSSR count). The topological polar surface area (TPSA) is 118 Å². The van der Waals surface area contributed by atoms with Crippen molar-refractivity contribution in [1.29, 1.82) is 0 Å². The van der Waals surface area contributed by atoms with Crippen LogP contribution in [0, 0.1) is 5.82 Å². The van der Waals surface area contributed by atoms with Crippen molar-refractivity contribution in [2.24, 2.45) is 5.10 Å². The van der Waals surface area contributed by atoms with E-state index >= 15 is 0 Å². The molecule has 35 heavy (non-hydrogen) atoms. The van der Waals surface area contributed by atoms with E-state index in [0.29, 0.717) is 27.8 Å². The third-order valence-corrected chi connectivity index (χ3v) is 4.71. The standard InChI is InChI=1S/C24H20ClFN4O5/c1-34-21-12-15(13-27-30-24(33)23(32)28-17-9-7-16(26)8-10-17)6-11-20(21)35-14-22(31)29-19-5-3-2-4-18(19)25/h2-13H,14H2,1H3,(H,28,32)(H,29,31)(H,30,33)/b27-13-. The summed E-state index contributed by atoms with van der Waals surface area (Å²) in [5.41, 5.74) is 3.34. The molecule has 0 aliphatic carbocycles. The molecule has 0 radical (unpaired) electrons. The lowest BCUT2D eigenvalue weighted by molar-refractivity contribution is -0.136. The Labute approximate surface area is 204 Å². The van der Waals surface area contributed by atoms with Crippen molar-refractivity contribution >= 4 is 46.9 Å². The van der Waals surface area contributed by atoms with Crippen molar-refractivity contribution in [3.05, 3.63) is 83.1 Å². The molecule has 9 nitrogen and oxygen atoms in total. The van der Waals surface area contributed by atoms with Gasteiger partial charge >= 0.3 is 11.8 Å². The lowest BCUT2D eigenvalue weighted by atomic mass is 10.2. The molecule has 0 saturated carbocycles. The number of hydrogen-bond acceptors (Lipinski definition) is 6. The molecule has 0 bridgehead atoms. The highest BCUT2D eigenvalue weighted by molar-refractivity contribution is 6.39. The Balaban J connectivity index is 1.52. The Morgan fingerprint density at radius 1 is 0.971 bits per heavy atom. The molecule has 11 heteroatoms. The first kappa shape index (κ1) is 25.2. The molecular weight excluding hydrogens is 479 g/mol. The van der Waals surface area contributed by atoms with Crippen LogP contribution >= 0.6 is 11.6 Å². The minimum absolute atomic E-state index is 0.261. The summed E-state index contributed by atoms with van der Waals surface area (Å²) in [6.45, 7) is -0.283. The average molecular weight is 499 g/mol. The van der Waals surface area contributed by atoms with Crippen LogP contribution in [0.5, 0.6) is 11.5 Å². The van der Waals surface area contributed by atoms with Crippen LogP contribution in [0.3, 0.4) is 0 Å². The van der Waals surface area contributed by atoms with Gasteiger partial charge in [-0.1, -0.05) is 23.7 Å². The largest absolute Gasteiger partial charge is 0.493 e. The molecule has 0 aromatic heterocycles. The molecular formula is C24H20ClFN4O5. The number of carbonyl (C=O) groups excluding carboxylic acids is 3. The van der Waals surface area contributed by atoms with Gasteiger partial charge in [0.1, 0.15) is 5.82 Å². The zero-order valence-electron chi connectivity index (χ0n) is 18.4. The van der Waals surface area contributed by atoms with E-state index in [2.05, 4.69) is 21.2 Å². The Kier molecular flexibility index (Phi) is 8.74. The van der Waals surface area contributed by atoms with Gasteiger partial charge in [0, 0.05) is 5.69 Å². The number of para-hydroxylation sites is 1. The molecule has 0 unspecified atom stereocenters. The predicted molar refractivity (Wildman–Crippen MR) is 129 cm³/mol. The molecule has 0 fully saturated rings. The lowest BCUT2D eigenvalue weighted by Crippen LogP contribution is -2.32. The summed E-state index contributed by atoms with van der Waals surface area (Å²) in [5.74, 6) is -2.23. The van der Waals surface area contributed by atoms with Crippen LogP contribution in [0.4, 0.5) is 15.8 Å². The van der Waals surface area contributed by atoms with E-state index in [1.54, 1.807) is 42.5 Å². The van der Waals surface area contributed by atoms with Crippen molar-refractivity contribution in [2.75, 3.05) is 24.4 Å². The highest BCUT2D eigenvalue weighted by atomic mass is 35.5. The van der Waals surface area contributed by atoms with Gasteiger partial charge in [0.2, 0.25) is 0 Å². The van der Waals surface area contributed by atoms with E-state index in [9.17, 15) is 18.8 Å². The zero-order chi connectivity index (χ0) is 25.2. The van der Waals surface area contributed by atoms with E-state index in [-0.39, 0.29) is 12.3 Å². The van der Waals surface area contributed by atoms with Gasteiger partial charge in [0.05, 0.1) is 24.0 Å². The van der Waals surface area contributed by atoms with E-state index < -0.39 is 23.5 Å². The van der Waals surface area contributed by atoms with Gasteiger partial charge in [-0.15, -0.1) is 0 Å². The van der Waals surface area contributed by atoms with E-state index in [4.69, 9.17) is 21.1 Å². The Hall–Kier alpha value is -4.44. The lowest BCUT2D eigenvalue weighted by Gasteiger charge is -2.12. The summed E-state index contributed by atoms with van der Waals surface area (Å²) < 4.78 is 23.7. The molecule has 0 saturated heterocycles. The number of methoxy groups -OCH3 is 1. The second-order valence-corrected chi connectivity index (χ2v) is 7.29. The van der Waals surface area contributed by atoms with Gasteiger partial charge in [-0.3, -0.25) is 14.4 Å². The predicted octanol–water partition coefficient (Wildman–Crippen LogP) is 3.59. The van der Waals surface area contributed by atoms with Crippen molar-refractivity contribution in [2.45, 2.75) is 0 Å². The number of hydrazone groups is 1. The van der Waals surface area contributed by atoms with Crippen LogP contribution in [-0.4, -0.2) is 37.7 Å². The smallest absolute Gasteiger partial charge is 0.329 e. The van der Waals surface area contributed by atoms with Crippen LogP contribution in [0.1, 0.15) is 5.56 Å². The van der Waals surface area contributed by atoms with Crippen molar-refractivity contribution < 1.29 is 28.2 Å². The summed E-state index contributed by atoms with van der Waals surface area (Å²) in [6.07, 6.45) is 1.29. The summed E-state index contributed by atoms with van der Waals surface area (Å²) >= 11 is 6.02. The van der Waals surface area contributed by atoms with E-state index in [0.717, 1.165) is 12.1 Å². The van der Waals surface area contributed by atoms with Crippen molar-refractivity contribution in [3.63, 3.8) is 0 Å². The number of halogens is 2. The minimum Gasteiger partial charge on any atom is -0.493 e. The molecule has 3 N–H and O–H groups in total. The Morgan fingerprint density at radius 2 is 1.71 bits per heavy atom. The second-order valence-electron chi connectivity index (χ2n) is 6.89. The first-order valence-electron chi connectivity index (χ1n) is 10.1. The monoisotopic (exact) mass is 498 g/mol. The van der Waals surface area contributed by atoms with Crippen molar-refractivity contribution in [3.8, 4) is 11.5 Å². The number of nitrogens with one attached hydrogen (secondary N) is 3. The maximum Gasteiger partial charge on any atom is 0.329 e. The van der Waals surface area contributed by atoms with Gasteiger partial charge in [-0.2, -0.15) is 5.10 Å². The molecule has 3 amide bonds. The normalized spacial score (nSPS) is 10.5. The van der Waals surface area contributed by atoms with Gasteiger partial charge in [-0.25, -0.2) is 9.82 Å². The maximum absolute atomic E-state index is 12.9. The number of rotatable bonds is 8. The number of nitrogens with zero attached hydrogens (tertiary/aromatic N) is 1. The van der Waals surface area contributed by atoms with Gasteiger partial charge in [0.15, 0.2) is 18.1 Å². The molecule has 0 spiro atoms. The summed E-state index contributed by atoms with van der Waals surface area (Å²) in [4.78, 5) is 35.9. The molecule has 0 heterocycles. The van der Waals surface area contributed by atoms with Crippen molar-refractivity contribution in [1.82, 2.24) is 5.43 Å². The summed E-state index contributed by atoms with van der Waals surface area (Å²) in [6, 6.07) is 16.5. The van der Waals surface area contributed by atoms with Crippen LogP contribution in [-0.2, 0) is 14.4 Å². The fourth-order valence-corrected chi connectivity index (χ4v) is 2.90. The number of ether oxygens (including phenoxy) is 2. The maximum atomic E-state index is 12.9. The van der Waals surface area contributed by atoms with E-state index in [1.807, 2.05) is 0 Å². The average Bonchev–Trinajstić information content (AvgIpc) is 2.85. The third-order valence-electron chi connectivity index (χ3n) is 4.38. The third kappa shape index (κ3) is 7.54. The van der Waals surface area contributed by atoms with Crippen LogP contribution in [0.15, 0.2) is 71.8 Å². The quantitative estimate of drug-likeness (QED) is 0.249.